The van der Waals surface area contributed by atoms with E-state index in [0.717, 1.165) is 0 Å². The molecule has 15 nitrogen and oxygen atoms in total. The van der Waals surface area contributed by atoms with Crippen molar-refractivity contribution in [2.24, 2.45) is 11.5 Å². The first-order valence-electron chi connectivity index (χ1n) is 5.40. The van der Waals surface area contributed by atoms with Gasteiger partial charge in [0.2, 0.25) is 0 Å². The molecule has 156 valence electrons. The molecule has 0 aromatic carbocycles. The van der Waals surface area contributed by atoms with Gasteiger partial charge in [-0.2, -0.15) is 0 Å². The Morgan fingerprint density at radius 3 is 0.889 bits per heavy atom. The van der Waals surface area contributed by atoms with E-state index in [-0.39, 0.29) is 144 Å². The van der Waals surface area contributed by atoms with E-state index in [2.05, 4.69) is 0 Å². The van der Waals surface area contributed by atoms with Crippen LogP contribution in [-0.4, -0.2) is 154 Å². The number of carboxylic acid groups (broad SMARTS) is 4. The SMILES string of the molecule is N[C@@H](CCC(=O)[O-])C(=O)[O-].N[C@@H](CCC(=O)[O-])C(=O)[O-].O.O.O.O.O.[Sr+2].[Sr+2]. The van der Waals surface area contributed by atoms with Crippen molar-refractivity contribution in [1.29, 1.82) is 0 Å². The van der Waals surface area contributed by atoms with Gasteiger partial charge in [-0.1, -0.05) is 0 Å². The normalized spacial score (nSPS) is 9.26. The first-order valence-corrected chi connectivity index (χ1v) is 5.40. The summed E-state index contributed by atoms with van der Waals surface area (Å²) in [6, 6.07) is -2.42. The number of carboxylic acids is 4. The molecule has 0 spiro atoms. The molecule has 17 heteroatoms. The van der Waals surface area contributed by atoms with Crippen molar-refractivity contribution in [3.8, 4) is 0 Å². The third kappa shape index (κ3) is 46.5. The molecule has 27 heavy (non-hydrogen) atoms. The van der Waals surface area contributed by atoms with Gasteiger partial charge in [0.05, 0.1) is 11.9 Å². The monoisotopic (exact) mass is 556 g/mol. The Morgan fingerprint density at radius 1 is 0.593 bits per heavy atom. The minimum atomic E-state index is -1.44. The second-order valence-electron chi connectivity index (χ2n) is 3.67. The fourth-order valence-electron chi connectivity index (χ4n) is 0.782. The third-order valence-corrected chi connectivity index (χ3v) is 1.92. The average molecular weight is 556 g/mol. The molecule has 0 aromatic heterocycles. The van der Waals surface area contributed by atoms with Crippen molar-refractivity contribution < 1.29 is 67.0 Å². The van der Waals surface area contributed by atoms with Crippen LogP contribution in [0.5, 0.6) is 0 Å². The number of rotatable bonds is 8. The van der Waals surface area contributed by atoms with Crippen molar-refractivity contribution in [3.05, 3.63) is 0 Å². The predicted octanol–water partition coefficient (Wildman–Crippen LogP) is -11.7. The fraction of sp³-hybridized carbons (Fsp3) is 0.600. The standard InChI is InChI=1S/2C5H9NO4.5H2O.2Sr/c2*6-3(5(9)10)1-2-4(7)8;;;;;;;/h2*3H,1-2,6H2,(H,7,8)(H,9,10);5*1H2;;/q;;;;;;;2*+2/p-4/t2*3-;;;;;;;/m00......./s1. The Labute approximate surface area is 228 Å². The van der Waals surface area contributed by atoms with E-state index in [1.165, 1.54) is 0 Å². The van der Waals surface area contributed by atoms with Gasteiger partial charge >= 0.3 is 91.0 Å². The molecule has 0 aromatic rings. The summed E-state index contributed by atoms with van der Waals surface area (Å²) < 4.78 is 0. The maximum absolute atomic E-state index is 9.86. The minimum absolute atomic E-state index is 0. The van der Waals surface area contributed by atoms with Crippen LogP contribution in [0.4, 0.5) is 0 Å². The second-order valence-corrected chi connectivity index (χ2v) is 3.67. The number of hydrogen-bond donors (Lipinski definition) is 2. The van der Waals surface area contributed by atoms with Crippen molar-refractivity contribution >= 4 is 115 Å². The van der Waals surface area contributed by atoms with Gasteiger partial charge in [0.1, 0.15) is 0 Å². The van der Waals surface area contributed by atoms with Gasteiger partial charge in [0.15, 0.2) is 0 Å². The molecule has 0 saturated heterocycles. The number of aliphatic carboxylic acids is 4. The van der Waals surface area contributed by atoms with Crippen LogP contribution in [0, 0.1) is 0 Å². The molecule has 0 fully saturated rings. The van der Waals surface area contributed by atoms with E-state index in [1.54, 1.807) is 0 Å². The number of nitrogens with two attached hydrogens (primary N) is 2. The molecule has 0 unspecified atom stereocenters. The number of carbonyl (C=O) groups excluding carboxylic acids is 4. The molecular formula is C10H24N2O13Sr2. The van der Waals surface area contributed by atoms with Gasteiger partial charge in [0.25, 0.3) is 0 Å². The summed E-state index contributed by atoms with van der Waals surface area (Å²) in [6.07, 6.45) is -1.00. The molecule has 0 heterocycles. The van der Waals surface area contributed by atoms with Crippen LogP contribution in [-0.2, 0) is 19.2 Å². The summed E-state index contributed by atoms with van der Waals surface area (Å²) in [5, 5.41) is 39.2. The molecule has 0 radical (unpaired) electrons. The zero-order chi connectivity index (χ0) is 16.3. The van der Waals surface area contributed by atoms with E-state index < -0.39 is 36.0 Å². The third-order valence-electron chi connectivity index (χ3n) is 1.92. The van der Waals surface area contributed by atoms with Gasteiger partial charge in [0, 0.05) is 24.0 Å². The first kappa shape index (κ1) is 56.4. The Hall–Kier alpha value is 0.561. The first-order chi connectivity index (χ1) is 9.07. The summed E-state index contributed by atoms with van der Waals surface area (Å²) in [7, 11) is 0. The van der Waals surface area contributed by atoms with Gasteiger partial charge in [-0.3, -0.25) is 0 Å². The average Bonchev–Trinajstić information content (AvgIpc) is 2.33. The molecule has 0 aliphatic heterocycles. The van der Waals surface area contributed by atoms with Crippen LogP contribution >= 0.6 is 0 Å². The van der Waals surface area contributed by atoms with Gasteiger partial charge < -0.3 is 78.5 Å². The van der Waals surface area contributed by atoms with E-state index in [9.17, 15) is 39.6 Å². The minimum Gasteiger partial charge on any atom is -0.550 e. The molecule has 0 bridgehead atoms. The molecule has 2 atom stereocenters. The molecular weight excluding hydrogens is 531 g/mol. The summed E-state index contributed by atoms with van der Waals surface area (Å²) in [6.45, 7) is 0. The van der Waals surface area contributed by atoms with Crippen LogP contribution in [0.15, 0.2) is 0 Å². The van der Waals surface area contributed by atoms with Crippen molar-refractivity contribution in [1.82, 2.24) is 0 Å². The molecule has 14 N–H and O–H groups in total. The molecule has 0 saturated carbocycles. The van der Waals surface area contributed by atoms with Crippen molar-refractivity contribution in [3.63, 3.8) is 0 Å². The molecule has 0 aliphatic rings. The maximum atomic E-state index is 9.86. The second kappa shape index (κ2) is 34.1. The van der Waals surface area contributed by atoms with E-state index in [0.29, 0.717) is 0 Å². The summed E-state index contributed by atoms with van der Waals surface area (Å²) >= 11 is 0. The largest absolute Gasteiger partial charge is 2.00 e. The van der Waals surface area contributed by atoms with E-state index in [1.807, 2.05) is 0 Å². The molecule has 0 amide bonds. The topological polar surface area (TPSA) is 370 Å². The Bertz CT molecular complexity index is 339. The predicted molar refractivity (Wildman–Crippen MR) is 84.0 cm³/mol. The van der Waals surface area contributed by atoms with Crippen LogP contribution in [0.2, 0.25) is 0 Å². The fourth-order valence-corrected chi connectivity index (χ4v) is 0.782. The zero-order valence-electron chi connectivity index (χ0n) is 14.3. The summed E-state index contributed by atoms with van der Waals surface area (Å²) in [5.41, 5.74) is 9.82. The van der Waals surface area contributed by atoms with Gasteiger partial charge in [-0.05, 0) is 25.7 Å². The quantitative estimate of drug-likeness (QED) is 0.266. The van der Waals surface area contributed by atoms with Crippen LogP contribution < -0.4 is 31.9 Å². The van der Waals surface area contributed by atoms with Crippen molar-refractivity contribution in [2.45, 2.75) is 37.8 Å². The van der Waals surface area contributed by atoms with Gasteiger partial charge in [-0.15, -0.1) is 0 Å². The molecule has 0 rings (SSSR count). The summed E-state index contributed by atoms with van der Waals surface area (Å²) in [5.74, 6) is -5.50. The maximum Gasteiger partial charge on any atom is 2.00 e. The number of hydrogen-bond acceptors (Lipinski definition) is 10. The van der Waals surface area contributed by atoms with Gasteiger partial charge in [-0.25, -0.2) is 0 Å². The number of carbonyl (C=O) groups is 4. The summed E-state index contributed by atoms with van der Waals surface area (Å²) in [4.78, 5) is 39.2. The van der Waals surface area contributed by atoms with E-state index in [4.69, 9.17) is 11.5 Å². The smallest absolute Gasteiger partial charge is 0.550 e. The molecule has 0 aliphatic carbocycles. The zero-order valence-corrected chi connectivity index (χ0v) is 21.3. The van der Waals surface area contributed by atoms with Crippen LogP contribution in [0.1, 0.15) is 25.7 Å². The van der Waals surface area contributed by atoms with E-state index >= 15 is 0 Å². The van der Waals surface area contributed by atoms with Crippen LogP contribution in [0.25, 0.3) is 0 Å². The Kier molecular flexibility index (Phi) is 71.3. The van der Waals surface area contributed by atoms with Crippen LogP contribution in [0.3, 0.4) is 0 Å². The van der Waals surface area contributed by atoms with Crippen molar-refractivity contribution in [2.75, 3.05) is 0 Å². The Morgan fingerprint density at radius 2 is 0.778 bits per heavy atom. The Balaban J connectivity index is -0.0000000272.